The van der Waals surface area contributed by atoms with Gasteiger partial charge in [0.2, 0.25) is 0 Å². The summed E-state index contributed by atoms with van der Waals surface area (Å²) in [7, 11) is 0. The standard InChI is InChI=1S/C13H17NO3/c15-12(16)11-3-1-10(2-4-11)9-13(17)5-7-14-8-6-13/h1-4,14,17H,5-9H2,(H,15,16). The van der Waals surface area contributed by atoms with Gasteiger partial charge >= 0.3 is 5.97 Å². The molecule has 0 aromatic heterocycles. The zero-order valence-corrected chi connectivity index (χ0v) is 9.65. The number of aliphatic hydroxyl groups is 1. The maximum Gasteiger partial charge on any atom is 0.335 e. The lowest BCUT2D eigenvalue weighted by Crippen LogP contribution is -2.43. The van der Waals surface area contributed by atoms with Gasteiger partial charge < -0.3 is 15.5 Å². The van der Waals surface area contributed by atoms with Crippen LogP contribution in [-0.4, -0.2) is 34.9 Å². The van der Waals surface area contributed by atoms with Crippen molar-refractivity contribution in [1.82, 2.24) is 5.32 Å². The largest absolute Gasteiger partial charge is 0.478 e. The SMILES string of the molecule is O=C(O)c1ccc(CC2(O)CCNCC2)cc1. The van der Waals surface area contributed by atoms with Crippen molar-refractivity contribution in [3.8, 4) is 0 Å². The second-order valence-corrected chi connectivity index (χ2v) is 4.65. The summed E-state index contributed by atoms with van der Waals surface area (Å²) in [5.41, 5.74) is 0.626. The summed E-state index contributed by atoms with van der Waals surface area (Å²) in [6.45, 7) is 1.67. The molecule has 4 heteroatoms. The quantitative estimate of drug-likeness (QED) is 0.732. The summed E-state index contributed by atoms with van der Waals surface area (Å²) < 4.78 is 0. The molecule has 1 heterocycles. The van der Waals surface area contributed by atoms with Crippen LogP contribution >= 0.6 is 0 Å². The molecule has 1 fully saturated rings. The molecule has 0 amide bonds. The fourth-order valence-electron chi connectivity index (χ4n) is 2.21. The summed E-state index contributed by atoms with van der Waals surface area (Å²) in [4.78, 5) is 10.7. The summed E-state index contributed by atoms with van der Waals surface area (Å²) in [6.07, 6.45) is 2.08. The zero-order valence-electron chi connectivity index (χ0n) is 9.65. The van der Waals surface area contributed by atoms with Crippen molar-refractivity contribution in [2.45, 2.75) is 24.9 Å². The number of piperidine rings is 1. The van der Waals surface area contributed by atoms with E-state index >= 15 is 0 Å². The fourth-order valence-corrected chi connectivity index (χ4v) is 2.21. The molecule has 0 atom stereocenters. The molecule has 4 nitrogen and oxygen atoms in total. The second kappa shape index (κ2) is 4.85. The molecule has 2 rings (SSSR count). The van der Waals surface area contributed by atoms with E-state index < -0.39 is 11.6 Å². The van der Waals surface area contributed by atoms with E-state index in [-0.39, 0.29) is 5.56 Å². The van der Waals surface area contributed by atoms with E-state index in [0.717, 1.165) is 31.5 Å². The lowest BCUT2D eigenvalue weighted by atomic mass is 9.86. The van der Waals surface area contributed by atoms with Crippen molar-refractivity contribution in [3.63, 3.8) is 0 Å². The van der Waals surface area contributed by atoms with Gasteiger partial charge in [0.25, 0.3) is 0 Å². The lowest BCUT2D eigenvalue weighted by molar-refractivity contribution is 0.0109. The van der Waals surface area contributed by atoms with Gasteiger partial charge in [-0.2, -0.15) is 0 Å². The molecule has 1 aromatic carbocycles. The summed E-state index contributed by atoms with van der Waals surface area (Å²) >= 11 is 0. The van der Waals surface area contributed by atoms with Crippen LogP contribution in [0.3, 0.4) is 0 Å². The molecule has 17 heavy (non-hydrogen) atoms. The number of nitrogens with one attached hydrogen (secondary N) is 1. The molecule has 0 saturated carbocycles. The lowest BCUT2D eigenvalue weighted by Gasteiger charge is -2.32. The maximum atomic E-state index is 10.7. The Bertz CT molecular complexity index is 394. The van der Waals surface area contributed by atoms with Crippen LogP contribution < -0.4 is 5.32 Å². The molecule has 0 radical (unpaired) electrons. The number of benzene rings is 1. The zero-order chi connectivity index (χ0) is 12.3. The van der Waals surface area contributed by atoms with Gasteiger partial charge in [-0.15, -0.1) is 0 Å². The van der Waals surface area contributed by atoms with Crippen LogP contribution in [0.2, 0.25) is 0 Å². The fraction of sp³-hybridized carbons (Fsp3) is 0.462. The van der Waals surface area contributed by atoms with E-state index in [0.29, 0.717) is 6.42 Å². The molecule has 1 aromatic rings. The van der Waals surface area contributed by atoms with Crippen LogP contribution in [0.4, 0.5) is 0 Å². The van der Waals surface area contributed by atoms with Crippen molar-refractivity contribution in [3.05, 3.63) is 35.4 Å². The third-order valence-corrected chi connectivity index (χ3v) is 3.27. The minimum Gasteiger partial charge on any atom is -0.478 e. The van der Waals surface area contributed by atoms with Crippen LogP contribution in [0.25, 0.3) is 0 Å². The first kappa shape index (κ1) is 12.1. The van der Waals surface area contributed by atoms with Crippen LogP contribution in [-0.2, 0) is 6.42 Å². The number of rotatable bonds is 3. The average molecular weight is 235 g/mol. The van der Waals surface area contributed by atoms with Crippen molar-refractivity contribution >= 4 is 5.97 Å². The summed E-state index contributed by atoms with van der Waals surface area (Å²) in [5.74, 6) is -0.919. The highest BCUT2D eigenvalue weighted by Crippen LogP contribution is 2.23. The Morgan fingerprint density at radius 1 is 1.24 bits per heavy atom. The van der Waals surface area contributed by atoms with Crippen molar-refractivity contribution in [2.75, 3.05) is 13.1 Å². The smallest absolute Gasteiger partial charge is 0.335 e. The Morgan fingerprint density at radius 2 is 1.82 bits per heavy atom. The Balaban J connectivity index is 2.05. The number of hydrogen-bond acceptors (Lipinski definition) is 3. The molecule has 0 unspecified atom stereocenters. The Labute approximate surface area is 100 Å². The Morgan fingerprint density at radius 3 is 2.35 bits per heavy atom. The maximum absolute atomic E-state index is 10.7. The van der Waals surface area contributed by atoms with Crippen LogP contribution in [0, 0.1) is 0 Å². The van der Waals surface area contributed by atoms with E-state index in [1.54, 1.807) is 24.3 Å². The van der Waals surface area contributed by atoms with Gasteiger partial charge in [0, 0.05) is 6.42 Å². The van der Waals surface area contributed by atoms with Gasteiger partial charge in [-0.3, -0.25) is 0 Å². The van der Waals surface area contributed by atoms with E-state index in [4.69, 9.17) is 5.11 Å². The highest BCUT2D eigenvalue weighted by molar-refractivity contribution is 5.87. The summed E-state index contributed by atoms with van der Waals surface area (Å²) in [6, 6.07) is 6.73. The van der Waals surface area contributed by atoms with Crippen molar-refractivity contribution in [2.24, 2.45) is 0 Å². The van der Waals surface area contributed by atoms with E-state index in [2.05, 4.69) is 5.32 Å². The van der Waals surface area contributed by atoms with Gasteiger partial charge in [0.15, 0.2) is 0 Å². The molecule has 3 N–H and O–H groups in total. The summed E-state index contributed by atoms with van der Waals surface area (Å²) in [5, 5.41) is 22.3. The predicted octanol–water partition coefficient (Wildman–Crippen LogP) is 1.04. The minimum atomic E-state index is -0.919. The van der Waals surface area contributed by atoms with Gasteiger partial charge in [-0.05, 0) is 43.6 Å². The number of carboxylic acids is 1. The first-order chi connectivity index (χ1) is 8.09. The van der Waals surface area contributed by atoms with Gasteiger partial charge in [-0.1, -0.05) is 12.1 Å². The number of hydrogen-bond donors (Lipinski definition) is 3. The Hall–Kier alpha value is -1.39. The highest BCUT2D eigenvalue weighted by Gasteiger charge is 2.29. The Kier molecular flexibility index (Phi) is 3.45. The molecule has 1 aliphatic heterocycles. The van der Waals surface area contributed by atoms with E-state index in [1.165, 1.54) is 0 Å². The second-order valence-electron chi connectivity index (χ2n) is 4.65. The topological polar surface area (TPSA) is 69.6 Å². The molecular formula is C13H17NO3. The van der Waals surface area contributed by atoms with Crippen LogP contribution in [0.1, 0.15) is 28.8 Å². The van der Waals surface area contributed by atoms with Crippen molar-refractivity contribution in [1.29, 1.82) is 0 Å². The first-order valence-electron chi connectivity index (χ1n) is 5.84. The van der Waals surface area contributed by atoms with E-state index in [1.807, 2.05) is 0 Å². The van der Waals surface area contributed by atoms with Gasteiger partial charge in [-0.25, -0.2) is 4.79 Å². The average Bonchev–Trinajstić information content (AvgIpc) is 2.30. The van der Waals surface area contributed by atoms with Crippen LogP contribution in [0.5, 0.6) is 0 Å². The van der Waals surface area contributed by atoms with Crippen LogP contribution in [0.15, 0.2) is 24.3 Å². The number of carbonyl (C=O) groups is 1. The molecular weight excluding hydrogens is 218 g/mol. The normalized spacial score (nSPS) is 18.9. The molecule has 0 aliphatic carbocycles. The number of aromatic carboxylic acids is 1. The third kappa shape index (κ3) is 3.05. The number of carboxylic acid groups (broad SMARTS) is 1. The molecule has 0 bridgehead atoms. The first-order valence-corrected chi connectivity index (χ1v) is 5.84. The van der Waals surface area contributed by atoms with E-state index in [9.17, 15) is 9.90 Å². The molecule has 1 saturated heterocycles. The predicted molar refractivity (Wildman–Crippen MR) is 64.2 cm³/mol. The minimum absolute atomic E-state index is 0.283. The third-order valence-electron chi connectivity index (χ3n) is 3.27. The highest BCUT2D eigenvalue weighted by atomic mass is 16.4. The van der Waals surface area contributed by atoms with Gasteiger partial charge in [0.05, 0.1) is 11.2 Å². The molecule has 1 aliphatic rings. The van der Waals surface area contributed by atoms with Gasteiger partial charge in [0.1, 0.15) is 0 Å². The monoisotopic (exact) mass is 235 g/mol. The van der Waals surface area contributed by atoms with Crippen molar-refractivity contribution < 1.29 is 15.0 Å². The molecule has 0 spiro atoms. The molecule has 92 valence electrons.